The predicted molar refractivity (Wildman–Crippen MR) is 109 cm³/mol. The van der Waals surface area contributed by atoms with Crippen LogP contribution in [0, 0.1) is 0 Å². The van der Waals surface area contributed by atoms with Crippen molar-refractivity contribution >= 4 is 17.7 Å². The largest absolute Gasteiger partial charge is 0.343 e. The van der Waals surface area contributed by atoms with E-state index < -0.39 is 0 Å². The van der Waals surface area contributed by atoms with Crippen LogP contribution in [0.5, 0.6) is 0 Å². The summed E-state index contributed by atoms with van der Waals surface area (Å²) < 4.78 is 1.67. The predicted octanol–water partition coefficient (Wildman–Crippen LogP) is 3.96. The molecule has 1 N–H and O–H groups in total. The summed E-state index contributed by atoms with van der Waals surface area (Å²) in [6.07, 6.45) is 14.1. The standard InChI is InChI=1S/C20H34N4O2S/c1-2-3-14-23-19(26)21-22-20(23)27-15-18(25)24(16-10-6-4-7-11-16)17-12-8-5-9-13-17/h16-17H,2-15H2,1H3,(H,21,26). The first-order valence-corrected chi connectivity index (χ1v) is 11.8. The van der Waals surface area contributed by atoms with E-state index in [-0.39, 0.29) is 11.6 Å². The van der Waals surface area contributed by atoms with Gasteiger partial charge in [-0.1, -0.05) is 63.6 Å². The highest BCUT2D eigenvalue weighted by molar-refractivity contribution is 7.99. The molecule has 2 saturated carbocycles. The molecule has 1 amide bonds. The number of hydrogen-bond acceptors (Lipinski definition) is 4. The third-order valence-electron chi connectivity index (χ3n) is 6.01. The Morgan fingerprint density at radius 3 is 2.26 bits per heavy atom. The van der Waals surface area contributed by atoms with E-state index in [0.717, 1.165) is 38.5 Å². The lowest BCUT2D eigenvalue weighted by Crippen LogP contribution is -2.49. The summed E-state index contributed by atoms with van der Waals surface area (Å²) in [4.78, 5) is 27.4. The van der Waals surface area contributed by atoms with Crippen molar-refractivity contribution < 1.29 is 4.79 Å². The Bertz CT molecular complexity index is 627. The fourth-order valence-corrected chi connectivity index (χ4v) is 5.39. The summed E-state index contributed by atoms with van der Waals surface area (Å²) in [5, 5.41) is 7.33. The lowest BCUT2D eigenvalue weighted by Gasteiger charge is -2.41. The first-order chi connectivity index (χ1) is 13.2. The second-order valence-corrected chi connectivity index (χ2v) is 8.93. The highest BCUT2D eigenvalue weighted by Gasteiger charge is 2.32. The van der Waals surface area contributed by atoms with Gasteiger partial charge < -0.3 is 4.90 Å². The van der Waals surface area contributed by atoms with Crippen molar-refractivity contribution in [3.63, 3.8) is 0 Å². The number of aromatic nitrogens is 3. The van der Waals surface area contributed by atoms with Crippen molar-refractivity contribution in [1.29, 1.82) is 0 Å². The van der Waals surface area contributed by atoms with Gasteiger partial charge >= 0.3 is 5.69 Å². The van der Waals surface area contributed by atoms with Crippen LogP contribution in [-0.2, 0) is 11.3 Å². The zero-order chi connectivity index (χ0) is 19.1. The van der Waals surface area contributed by atoms with Crippen molar-refractivity contribution in [3.05, 3.63) is 10.5 Å². The first-order valence-electron chi connectivity index (χ1n) is 10.8. The quantitative estimate of drug-likeness (QED) is 0.678. The van der Waals surface area contributed by atoms with Crippen LogP contribution in [0.25, 0.3) is 0 Å². The molecular formula is C20H34N4O2S. The SMILES string of the molecule is CCCCn1c(SCC(=O)N(C2CCCCC2)C2CCCCC2)n[nH]c1=O. The maximum absolute atomic E-state index is 13.2. The number of unbranched alkanes of at least 4 members (excludes halogenated alkanes) is 1. The summed E-state index contributed by atoms with van der Waals surface area (Å²) in [5.41, 5.74) is -0.171. The van der Waals surface area contributed by atoms with Crippen LogP contribution >= 0.6 is 11.8 Å². The third kappa shape index (κ3) is 5.39. The molecule has 1 aromatic rings. The van der Waals surface area contributed by atoms with E-state index in [9.17, 15) is 9.59 Å². The Labute approximate surface area is 166 Å². The molecule has 27 heavy (non-hydrogen) atoms. The summed E-state index contributed by atoms with van der Waals surface area (Å²) in [6.45, 7) is 2.77. The highest BCUT2D eigenvalue weighted by atomic mass is 32.2. The molecule has 0 atom stereocenters. The fourth-order valence-electron chi connectivity index (χ4n) is 4.55. The van der Waals surface area contributed by atoms with Crippen LogP contribution < -0.4 is 5.69 Å². The number of aromatic amines is 1. The summed E-state index contributed by atoms with van der Waals surface area (Å²) >= 11 is 1.41. The number of carbonyl (C=O) groups is 1. The van der Waals surface area contributed by atoms with Crippen LogP contribution in [0.1, 0.15) is 84.0 Å². The van der Waals surface area contributed by atoms with Gasteiger partial charge in [0, 0.05) is 18.6 Å². The topological polar surface area (TPSA) is 71.0 Å². The number of nitrogens with one attached hydrogen (secondary N) is 1. The minimum atomic E-state index is -0.171. The van der Waals surface area contributed by atoms with Crippen LogP contribution in [-0.4, -0.2) is 43.4 Å². The van der Waals surface area contributed by atoms with Crippen LogP contribution in [0.4, 0.5) is 0 Å². The first kappa shape index (κ1) is 20.5. The van der Waals surface area contributed by atoms with Crippen LogP contribution in [0.15, 0.2) is 9.95 Å². The maximum Gasteiger partial charge on any atom is 0.343 e. The molecule has 0 unspecified atom stereocenters. The molecule has 2 aliphatic rings. The molecule has 0 spiro atoms. The monoisotopic (exact) mass is 394 g/mol. The maximum atomic E-state index is 13.2. The van der Waals surface area contributed by atoms with Gasteiger partial charge in [0.2, 0.25) is 5.91 Å². The minimum Gasteiger partial charge on any atom is -0.336 e. The van der Waals surface area contributed by atoms with Crippen molar-refractivity contribution in [3.8, 4) is 0 Å². The Morgan fingerprint density at radius 2 is 1.70 bits per heavy atom. The second-order valence-electron chi connectivity index (χ2n) is 7.99. The number of thioether (sulfide) groups is 1. The molecule has 0 bridgehead atoms. The van der Waals surface area contributed by atoms with E-state index in [2.05, 4.69) is 22.0 Å². The lowest BCUT2D eigenvalue weighted by molar-refractivity contribution is -0.135. The molecule has 3 rings (SSSR count). The molecule has 0 radical (unpaired) electrons. The van der Waals surface area contributed by atoms with Crippen molar-refractivity contribution in [1.82, 2.24) is 19.7 Å². The molecule has 6 nitrogen and oxygen atoms in total. The number of amides is 1. The second kappa shape index (κ2) is 10.3. The number of hydrogen-bond donors (Lipinski definition) is 1. The molecule has 0 aromatic carbocycles. The zero-order valence-corrected chi connectivity index (χ0v) is 17.4. The molecule has 1 aromatic heterocycles. The van der Waals surface area contributed by atoms with Crippen LogP contribution in [0.2, 0.25) is 0 Å². The minimum absolute atomic E-state index is 0.171. The Hall–Kier alpha value is -1.24. The van der Waals surface area contributed by atoms with Gasteiger partial charge in [0.1, 0.15) is 0 Å². The van der Waals surface area contributed by atoms with E-state index in [4.69, 9.17) is 0 Å². The molecular weight excluding hydrogens is 360 g/mol. The Morgan fingerprint density at radius 1 is 1.11 bits per heavy atom. The molecule has 0 aliphatic heterocycles. The normalized spacial score (nSPS) is 19.3. The fraction of sp³-hybridized carbons (Fsp3) is 0.850. The van der Waals surface area contributed by atoms with Gasteiger partial charge in [-0.25, -0.2) is 9.89 Å². The summed E-state index contributed by atoms with van der Waals surface area (Å²) in [7, 11) is 0. The van der Waals surface area contributed by atoms with Crippen molar-refractivity contribution in [2.24, 2.45) is 0 Å². The molecule has 1 heterocycles. The van der Waals surface area contributed by atoms with E-state index in [0.29, 0.717) is 29.5 Å². The van der Waals surface area contributed by atoms with Gasteiger partial charge in [-0.2, -0.15) is 0 Å². The lowest BCUT2D eigenvalue weighted by atomic mass is 9.88. The average Bonchev–Trinajstić information content (AvgIpc) is 3.06. The molecule has 2 aliphatic carbocycles. The third-order valence-corrected chi connectivity index (χ3v) is 6.97. The van der Waals surface area contributed by atoms with Crippen molar-refractivity contribution in [2.75, 3.05) is 5.75 Å². The molecule has 0 saturated heterocycles. The van der Waals surface area contributed by atoms with Gasteiger partial charge in [-0.05, 0) is 32.1 Å². The molecule has 152 valence electrons. The van der Waals surface area contributed by atoms with Crippen LogP contribution in [0.3, 0.4) is 0 Å². The van der Waals surface area contributed by atoms with E-state index in [1.54, 1.807) is 4.57 Å². The zero-order valence-electron chi connectivity index (χ0n) is 16.6. The average molecular weight is 395 g/mol. The number of rotatable bonds is 8. The number of H-pyrrole nitrogens is 1. The van der Waals surface area contributed by atoms with Gasteiger partial charge in [0.05, 0.1) is 5.75 Å². The van der Waals surface area contributed by atoms with Gasteiger partial charge in [-0.3, -0.25) is 9.36 Å². The van der Waals surface area contributed by atoms with Gasteiger partial charge in [0.25, 0.3) is 0 Å². The van der Waals surface area contributed by atoms with E-state index in [1.165, 1.54) is 50.3 Å². The molecule has 2 fully saturated rings. The number of carbonyl (C=O) groups excluding carboxylic acids is 1. The van der Waals surface area contributed by atoms with E-state index >= 15 is 0 Å². The Kier molecular flexibility index (Phi) is 7.85. The summed E-state index contributed by atoms with van der Waals surface area (Å²) in [5.74, 6) is 0.611. The van der Waals surface area contributed by atoms with Gasteiger partial charge in [-0.15, -0.1) is 5.10 Å². The molecule has 7 heteroatoms. The Balaban J connectivity index is 1.66. The number of nitrogens with zero attached hydrogens (tertiary/aromatic N) is 3. The smallest absolute Gasteiger partial charge is 0.336 e. The van der Waals surface area contributed by atoms with Gasteiger partial charge in [0.15, 0.2) is 5.16 Å². The van der Waals surface area contributed by atoms with E-state index in [1.807, 2.05) is 0 Å². The highest BCUT2D eigenvalue weighted by Crippen LogP contribution is 2.31. The summed E-state index contributed by atoms with van der Waals surface area (Å²) in [6, 6.07) is 0.827. The van der Waals surface area contributed by atoms with Crippen molar-refractivity contribution in [2.45, 2.75) is 108 Å².